The van der Waals surface area contributed by atoms with Crippen LogP contribution in [0.3, 0.4) is 0 Å². The van der Waals surface area contributed by atoms with Crippen molar-refractivity contribution in [3.8, 4) is 0 Å². The molecule has 1 fully saturated rings. The maximum atomic E-state index is 12.2. The molecule has 1 aliphatic rings. The van der Waals surface area contributed by atoms with Crippen molar-refractivity contribution in [1.82, 2.24) is 0 Å². The quantitative estimate of drug-likeness (QED) is 0.423. The topological polar surface area (TPSA) is 98.9 Å². The molecule has 0 aromatic carbocycles. The Morgan fingerprint density at radius 3 is 2.26 bits per heavy atom. The first-order valence-electron chi connectivity index (χ1n) is 8.06. The van der Waals surface area contributed by atoms with E-state index < -0.39 is 23.1 Å². The Labute approximate surface area is 138 Å². The standard InChI is InChI=1S/C17H29NO5/c1-5-10-22-13-8-6-12(7-9-13)11-17(18,14(19)20)15(21)23-16(2,3)4/h5,12-13H,1,6-11,18H2,2-4H3,(H,19,20). The number of hydrogen-bond donors (Lipinski definition) is 2. The van der Waals surface area contributed by atoms with Gasteiger partial charge in [-0.05, 0) is 58.8 Å². The summed E-state index contributed by atoms with van der Waals surface area (Å²) in [7, 11) is 0. The third-order valence-electron chi connectivity index (χ3n) is 4.00. The Bertz CT molecular complexity index is 435. The summed E-state index contributed by atoms with van der Waals surface area (Å²) in [6, 6.07) is 0. The molecule has 132 valence electrons. The molecule has 1 unspecified atom stereocenters. The molecule has 0 aromatic rings. The van der Waals surface area contributed by atoms with Crippen LogP contribution in [0.4, 0.5) is 0 Å². The summed E-state index contributed by atoms with van der Waals surface area (Å²) >= 11 is 0. The molecular weight excluding hydrogens is 298 g/mol. The second-order valence-electron chi connectivity index (χ2n) is 7.25. The number of carboxylic acid groups (broad SMARTS) is 1. The molecule has 0 saturated heterocycles. The smallest absolute Gasteiger partial charge is 0.338 e. The summed E-state index contributed by atoms with van der Waals surface area (Å²) in [5, 5.41) is 9.44. The zero-order valence-corrected chi connectivity index (χ0v) is 14.3. The van der Waals surface area contributed by atoms with Gasteiger partial charge in [0.25, 0.3) is 0 Å². The summed E-state index contributed by atoms with van der Waals surface area (Å²) in [5.41, 5.74) is 3.15. The number of carbonyl (C=O) groups excluding carboxylic acids is 1. The van der Waals surface area contributed by atoms with Crippen LogP contribution in [-0.2, 0) is 19.1 Å². The average molecular weight is 327 g/mol. The number of carboxylic acids is 1. The highest BCUT2D eigenvalue weighted by Gasteiger charge is 2.47. The Morgan fingerprint density at radius 2 is 1.83 bits per heavy atom. The lowest BCUT2D eigenvalue weighted by molar-refractivity contribution is -0.170. The third kappa shape index (κ3) is 5.95. The van der Waals surface area contributed by atoms with Crippen molar-refractivity contribution < 1.29 is 24.2 Å². The number of hydrogen-bond acceptors (Lipinski definition) is 5. The molecule has 0 aromatic heterocycles. The number of rotatable bonds is 7. The maximum Gasteiger partial charge on any atom is 0.338 e. The van der Waals surface area contributed by atoms with Crippen LogP contribution >= 0.6 is 0 Å². The van der Waals surface area contributed by atoms with Gasteiger partial charge in [-0.3, -0.25) is 0 Å². The van der Waals surface area contributed by atoms with E-state index in [0.717, 1.165) is 25.7 Å². The summed E-state index contributed by atoms with van der Waals surface area (Å²) in [4.78, 5) is 23.8. The van der Waals surface area contributed by atoms with Gasteiger partial charge in [-0.1, -0.05) is 6.08 Å². The third-order valence-corrected chi connectivity index (χ3v) is 4.00. The first-order chi connectivity index (χ1) is 10.6. The van der Waals surface area contributed by atoms with Gasteiger partial charge in [0.2, 0.25) is 5.54 Å². The van der Waals surface area contributed by atoms with Crippen LogP contribution in [0.5, 0.6) is 0 Å². The van der Waals surface area contributed by atoms with Gasteiger partial charge in [0.05, 0.1) is 12.7 Å². The highest BCUT2D eigenvalue weighted by Crippen LogP contribution is 2.32. The molecule has 23 heavy (non-hydrogen) atoms. The molecule has 3 N–H and O–H groups in total. The molecule has 0 bridgehead atoms. The molecule has 1 atom stereocenters. The molecule has 0 amide bonds. The van der Waals surface area contributed by atoms with E-state index in [9.17, 15) is 14.7 Å². The van der Waals surface area contributed by atoms with Crippen molar-refractivity contribution >= 4 is 11.9 Å². The fraction of sp³-hybridized carbons (Fsp3) is 0.765. The lowest BCUT2D eigenvalue weighted by Gasteiger charge is -2.34. The number of esters is 1. The SMILES string of the molecule is C=CCOC1CCC(CC(N)(C(=O)O)C(=O)OC(C)(C)C)CC1. The molecule has 6 heteroatoms. The van der Waals surface area contributed by atoms with Crippen molar-refractivity contribution in [3.05, 3.63) is 12.7 Å². The van der Waals surface area contributed by atoms with Gasteiger partial charge >= 0.3 is 11.9 Å². The van der Waals surface area contributed by atoms with Gasteiger partial charge < -0.3 is 20.3 Å². The zero-order valence-electron chi connectivity index (χ0n) is 14.3. The maximum absolute atomic E-state index is 12.2. The van der Waals surface area contributed by atoms with E-state index in [0.29, 0.717) is 6.61 Å². The molecular formula is C17H29NO5. The lowest BCUT2D eigenvalue weighted by Crippen LogP contribution is -2.58. The minimum absolute atomic E-state index is 0.0761. The number of ether oxygens (including phenoxy) is 2. The minimum Gasteiger partial charge on any atom is -0.479 e. The van der Waals surface area contributed by atoms with E-state index in [1.807, 2.05) is 0 Å². The normalized spacial score (nSPS) is 24.5. The predicted molar refractivity (Wildman–Crippen MR) is 86.9 cm³/mol. The second kappa shape index (κ2) is 7.93. The van der Waals surface area contributed by atoms with E-state index in [-0.39, 0.29) is 18.4 Å². The number of aliphatic carboxylic acids is 1. The minimum atomic E-state index is -1.99. The fourth-order valence-corrected chi connectivity index (χ4v) is 2.79. The average Bonchev–Trinajstić information content (AvgIpc) is 2.44. The van der Waals surface area contributed by atoms with Crippen molar-refractivity contribution in [3.63, 3.8) is 0 Å². The second-order valence-corrected chi connectivity index (χ2v) is 7.25. The molecule has 6 nitrogen and oxygen atoms in total. The molecule has 0 spiro atoms. The molecule has 0 heterocycles. The zero-order chi connectivity index (χ0) is 17.7. The van der Waals surface area contributed by atoms with E-state index in [2.05, 4.69) is 6.58 Å². The first-order valence-corrected chi connectivity index (χ1v) is 8.06. The van der Waals surface area contributed by atoms with Crippen LogP contribution in [0.25, 0.3) is 0 Å². The largest absolute Gasteiger partial charge is 0.479 e. The van der Waals surface area contributed by atoms with Crippen molar-refractivity contribution in [2.24, 2.45) is 11.7 Å². The van der Waals surface area contributed by atoms with Gasteiger partial charge in [0.1, 0.15) is 5.60 Å². The Kier molecular flexibility index (Phi) is 6.77. The first kappa shape index (κ1) is 19.6. The van der Waals surface area contributed by atoms with E-state index in [1.165, 1.54) is 0 Å². The molecule has 0 radical (unpaired) electrons. The highest BCUT2D eigenvalue weighted by atomic mass is 16.6. The molecule has 1 aliphatic carbocycles. The van der Waals surface area contributed by atoms with Crippen LogP contribution < -0.4 is 5.73 Å². The lowest BCUT2D eigenvalue weighted by atomic mass is 9.78. The summed E-state index contributed by atoms with van der Waals surface area (Å²) in [5.74, 6) is -2.13. The van der Waals surface area contributed by atoms with Gasteiger partial charge in [-0.15, -0.1) is 6.58 Å². The van der Waals surface area contributed by atoms with Crippen LogP contribution in [0.15, 0.2) is 12.7 Å². The monoisotopic (exact) mass is 327 g/mol. The Hall–Kier alpha value is -1.40. The molecule has 1 rings (SSSR count). The van der Waals surface area contributed by atoms with E-state index in [4.69, 9.17) is 15.2 Å². The van der Waals surface area contributed by atoms with E-state index >= 15 is 0 Å². The summed E-state index contributed by atoms with van der Waals surface area (Å²) in [6.45, 7) is 9.20. The number of nitrogens with two attached hydrogens (primary N) is 1. The van der Waals surface area contributed by atoms with Crippen molar-refractivity contribution in [1.29, 1.82) is 0 Å². The van der Waals surface area contributed by atoms with Crippen molar-refractivity contribution in [2.45, 2.75) is 70.1 Å². The summed E-state index contributed by atoms with van der Waals surface area (Å²) < 4.78 is 10.8. The number of carbonyl (C=O) groups is 2. The predicted octanol–water partition coefficient (Wildman–Crippen LogP) is 2.26. The van der Waals surface area contributed by atoms with Gasteiger partial charge in [0, 0.05) is 0 Å². The Morgan fingerprint density at radius 1 is 1.26 bits per heavy atom. The van der Waals surface area contributed by atoms with Crippen LogP contribution in [0.1, 0.15) is 52.9 Å². The van der Waals surface area contributed by atoms with Crippen LogP contribution in [-0.4, -0.2) is 40.9 Å². The van der Waals surface area contributed by atoms with Gasteiger partial charge in [-0.2, -0.15) is 0 Å². The molecule has 1 saturated carbocycles. The fourth-order valence-electron chi connectivity index (χ4n) is 2.79. The van der Waals surface area contributed by atoms with Crippen LogP contribution in [0.2, 0.25) is 0 Å². The van der Waals surface area contributed by atoms with E-state index in [1.54, 1.807) is 26.8 Å². The van der Waals surface area contributed by atoms with Gasteiger partial charge in [-0.25, -0.2) is 9.59 Å². The molecule has 0 aliphatic heterocycles. The van der Waals surface area contributed by atoms with Gasteiger partial charge in [0.15, 0.2) is 0 Å². The highest BCUT2D eigenvalue weighted by molar-refractivity contribution is 6.03. The van der Waals surface area contributed by atoms with Crippen LogP contribution in [0, 0.1) is 5.92 Å². The summed E-state index contributed by atoms with van der Waals surface area (Å²) in [6.07, 6.45) is 5.22. The van der Waals surface area contributed by atoms with Crippen molar-refractivity contribution in [2.75, 3.05) is 6.61 Å². The Balaban J connectivity index is 2.65.